The Bertz CT molecular complexity index is 1100. The van der Waals surface area contributed by atoms with Gasteiger partial charge in [-0.15, -0.1) is 0 Å². The van der Waals surface area contributed by atoms with E-state index < -0.39 is 5.91 Å². The van der Waals surface area contributed by atoms with E-state index in [-0.39, 0.29) is 0 Å². The molecule has 0 radical (unpaired) electrons. The molecule has 2 aromatic carbocycles. The van der Waals surface area contributed by atoms with E-state index in [0.29, 0.717) is 17.0 Å². The van der Waals surface area contributed by atoms with Gasteiger partial charge in [0.05, 0.1) is 5.39 Å². The van der Waals surface area contributed by atoms with E-state index in [1.165, 1.54) is 6.33 Å². The smallest absolute Gasteiger partial charge is 0.248 e. The van der Waals surface area contributed by atoms with Crippen molar-refractivity contribution in [3.8, 4) is 11.1 Å². The first-order chi connectivity index (χ1) is 12.7. The summed E-state index contributed by atoms with van der Waals surface area (Å²) in [5.41, 5.74) is 9.24. The monoisotopic (exact) mass is 341 g/mol. The van der Waals surface area contributed by atoms with Gasteiger partial charge in [-0.25, -0.2) is 15.0 Å². The van der Waals surface area contributed by atoms with Crippen molar-refractivity contribution >= 4 is 28.4 Å². The van der Waals surface area contributed by atoms with Crippen LogP contribution in [0.3, 0.4) is 0 Å². The lowest BCUT2D eigenvalue weighted by Gasteiger charge is -2.10. The van der Waals surface area contributed by atoms with Gasteiger partial charge in [-0.05, 0) is 47.5 Å². The minimum absolute atomic E-state index is 0.443. The molecule has 2 aromatic heterocycles. The lowest BCUT2D eigenvalue weighted by atomic mass is 10.0. The highest BCUT2D eigenvalue weighted by Crippen LogP contribution is 2.26. The number of carbonyl (C=O) groups excluding carboxylic acids is 1. The molecule has 0 bridgehead atoms. The molecule has 3 N–H and O–H groups in total. The number of benzene rings is 2. The second-order valence-corrected chi connectivity index (χ2v) is 5.75. The Kier molecular flexibility index (Phi) is 3.99. The van der Waals surface area contributed by atoms with E-state index in [2.05, 4.69) is 20.3 Å². The molecule has 126 valence electrons. The van der Waals surface area contributed by atoms with E-state index in [0.717, 1.165) is 22.2 Å². The molecule has 0 atom stereocenters. The number of carbonyl (C=O) groups is 1. The summed E-state index contributed by atoms with van der Waals surface area (Å²) in [6, 6.07) is 18.9. The van der Waals surface area contributed by atoms with E-state index >= 15 is 0 Å². The molecule has 0 aliphatic carbocycles. The molecule has 1 amide bonds. The fourth-order valence-electron chi connectivity index (χ4n) is 2.76. The molecule has 0 saturated heterocycles. The minimum atomic E-state index is -0.443. The Morgan fingerprint density at radius 3 is 2.54 bits per heavy atom. The number of pyridine rings is 1. The largest absolute Gasteiger partial charge is 0.366 e. The van der Waals surface area contributed by atoms with Crippen LogP contribution in [-0.4, -0.2) is 20.9 Å². The van der Waals surface area contributed by atoms with Gasteiger partial charge in [-0.1, -0.05) is 24.3 Å². The predicted molar refractivity (Wildman–Crippen MR) is 101 cm³/mol. The maximum Gasteiger partial charge on any atom is 0.248 e. The number of hydrogen-bond donors (Lipinski definition) is 2. The van der Waals surface area contributed by atoms with E-state index in [1.807, 2.05) is 48.5 Å². The van der Waals surface area contributed by atoms with Crippen molar-refractivity contribution in [1.29, 1.82) is 0 Å². The van der Waals surface area contributed by atoms with Crippen LogP contribution >= 0.6 is 0 Å². The normalized spacial score (nSPS) is 10.6. The highest BCUT2D eigenvalue weighted by Gasteiger charge is 2.07. The lowest BCUT2D eigenvalue weighted by molar-refractivity contribution is 0.100. The van der Waals surface area contributed by atoms with Crippen LogP contribution in [-0.2, 0) is 0 Å². The molecule has 4 aromatic rings. The fourth-order valence-corrected chi connectivity index (χ4v) is 2.76. The third kappa shape index (κ3) is 3.08. The Hall–Kier alpha value is -3.80. The van der Waals surface area contributed by atoms with Crippen molar-refractivity contribution < 1.29 is 4.79 Å². The number of amides is 1. The maximum atomic E-state index is 11.4. The van der Waals surface area contributed by atoms with Crippen LogP contribution in [0.4, 0.5) is 11.5 Å². The number of primary amides is 1. The first-order valence-electron chi connectivity index (χ1n) is 8.04. The molecule has 0 spiro atoms. The van der Waals surface area contributed by atoms with Gasteiger partial charge < -0.3 is 11.1 Å². The molecule has 0 aliphatic heterocycles. The van der Waals surface area contributed by atoms with Crippen molar-refractivity contribution in [1.82, 2.24) is 15.0 Å². The van der Waals surface area contributed by atoms with Crippen molar-refractivity contribution in [2.75, 3.05) is 5.32 Å². The third-order valence-corrected chi connectivity index (χ3v) is 4.01. The second-order valence-electron chi connectivity index (χ2n) is 5.75. The van der Waals surface area contributed by atoms with Gasteiger partial charge in [0.2, 0.25) is 5.91 Å². The first kappa shape index (κ1) is 15.7. The third-order valence-electron chi connectivity index (χ3n) is 4.01. The molecule has 0 aliphatic rings. The van der Waals surface area contributed by atoms with Crippen LogP contribution in [0.5, 0.6) is 0 Å². The van der Waals surface area contributed by atoms with Crippen LogP contribution in [0.25, 0.3) is 22.2 Å². The molecule has 0 unspecified atom stereocenters. The quantitative estimate of drug-likeness (QED) is 0.592. The van der Waals surface area contributed by atoms with E-state index in [9.17, 15) is 4.79 Å². The molecular weight excluding hydrogens is 326 g/mol. The van der Waals surface area contributed by atoms with Crippen LogP contribution in [0.15, 0.2) is 73.2 Å². The van der Waals surface area contributed by atoms with Gasteiger partial charge in [-0.2, -0.15) is 0 Å². The number of rotatable bonds is 4. The fraction of sp³-hybridized carbons (Fsp3) is 0. The summed E-state index contributed by atoms with van der Waals surface area (Å²) < 4.78 is 0. The Morgan fingerprint density at radius 1 is 0.885 bits per heavy atom. The van der Waals surface area contributed by atoms with E-state index in [4.69, 9.17) is 5.73 Å². The van der Waals surface area contributed by atoms with Crippen LogP contribution in [0, 0.1) is 0 Å². The predicted octanol–water partition coefficient (Wildman–Crippen LogP) is 3.53. The summed E-state index contributed by atoms with van der Waals surface area (Å²) in [6.07, 6.45) is 3.18. The summed E-state index contributed by atoms with van der Waals surface area (Å²) in [4.78, 5) is 24.1. The molecule has 6 heteroatoms. The molecule has 0 fully saturated rings. The first-order valence-corrected chi connectivity index (χ1v) is 8.04. The lowest BCUT2D eigenvalue weighted by Crippen LogP contribution is -2.10. The Balaban J connectivity index is 1.70. The zero-order chi connectivity index (χ0) is 17.9. The Labute approximate surface area is 149 Å². The summed E-state index contributed by atoms with van der Waals surface area (Å²) in [5, 5.41) is 4.16. The number of anilines is 2. The average Bonchev–Trinajstić information content (AvgIpc) is 2.69. The van der Waals surface area contributed by atoms with Gasteiger partial charge >= 0.3 is 0 Å². The molecule has 2 heterocycles. The number of hydrogen-bond acceptors (Lipinski definition) is 5. The molecule has 26 heavy (non-hydrogen) atoms. The van der Waals surface area contributed by atoms with Gasteiger partial charge in [0.15, 0.2) is 5.65 Å². The van der Waals surface area contributed by atoms with E-state index in [1.54, 1.807) is 18.3 Å². The van der Waals surface area contributed by atoms with Crippen LogP contribution in [0.1, 0.15) is 10.4 Å². The van der Waals surface area contributed by atoms with Crippen molar-refractivity contribution in [2.45, 2.75) is 0 Å². The van der Waals surface area contributed by atoms with Gasteiger partial charge in [0, 0.05) is 17.4 Å². The highest BCUT2D eigenvalue weighted by atomic mass is 16.1. The number of nitrogens with one attached hydrogen (secondary N) is 1. The summed E-state index contributed by atoms with van der Waals surface area (Å²) in [7, 11) is 0. The van der Waals surface area contributed by atoms with Gasteiger partial charge in [0.25, 0.3) is 0 Å². The standard InChI is InChI=1S/C20H15N5O/c21-18(26)15-6-1-4-13(10-15)14-5-2-7-16(11-14)25-20-17-8-3-9-22-19(17)23-12-24-20/h1-12H,(H2,21,26)(H,22,23,24,25). The van der Waals surface area contributed by atoms with Gasteiger partial charge in [-0.3, -0.25) is 4.79 Å². The maximum absolute atomic E-state index is 11.4. The average molecular weight is 341 g/mol. The number of nitrogens with zero attached hydrogens (tertiary/aromatic N) is 3. The summed E-state index contributed by atoms with van der Waals surface area (Å²) >= 11 is 0. The molecular formula is C20H15N5O. The van der Waals surface area contributed by atoms with Gasteiger partial charge in [0.1, 0.15) is 12.1 Å². The zero-order valence-electron chi connectivity index (χ0n) is 13.8. The minimum Gasteiger partial charge on any atom is -0.366 e. The summed E-state index contributed by atoms with van der Waals surface area (Å²) in [5.74, 6) is 0.243. The SMILES string of the molecule is NC(=O)c1cccc(-c2cccc(Nc3ncnc4ncccc34)c2)c1. The number of aromatic nitrogens is 3. The van der Waals surface area contributed by atoms with Crippen molar-refractivity contribution in [2.24, 2.45) is 5.73 Å². The van der Waals surface area contributed by atoms with Crippen molar-refractivity contribution in [3.63, 3.8) is 0 Å². The zero-order valence-corrected chi connectivity index (χ0v) is 13.8. The number of fused-ring (bicyclic) bond motifs is 1. The van der Waals surface area contributed by atoms with Crippen LogP contribution < -0.4 is 11.1 Å². The molecule has 6 nitrogen and oxygen atoms in total. The molecule has 0 saturated carbocycles. The molecule has 4 rings (SSSR count). The number of nitrogens with two attached hydrogens (primary N) is 1. The Morgan fingerprint density at radius 2 is 1.69 bits per heavy atom. The topological polar surface area (TPSA) is 93.8 Å². The van der Waals surface area contributed by atoms with Crippen LogP contribution in [0.2, 0.25) is 0 Å². The highest BCUT2D eigenvalue weighted by molar-refractivity contribution is 5.94. The summed E-state index contributed by atoms with van der Waals surface area (Å²) in [6.45, 7) is 0. The second kappa shape index (κ2) is 6.60. The van der Waals surface area contributed by atoms with Crippen molar-refractivity contribution in [3.05, 3.63) is 78.8 Å².